The molecular formula is C25H19IN2OS. The van der Waals surface area contributed by atoms with E-state index in [9.17, 15) is 5.26 Å². The van der Waals surface area contributed by atoms with Crippen LogP contribution >= 0.6 is 33.9 Å². The van der Waals surface area contributed by atoms with E-state index >= 15 is 0 Å². The van der Waals surface area contributed by atoms with Crippen LogP contribution in [0.4, 0.5) is 0 Å². The molecule has 0 aliphatic rings. The topological polar surface area (TPSA) is 45.9 Å². The Morgan fingerprint density at radius 3 is 2.67 bits per heavy atom. The lowest BCUT2D eigenvalue weighted by atomic mass is 9.93. The van der Waals surface area contributed by atoms with Crippen molar-refractivity contribution in [1.29, 1.82) is 5.26 Å². The molecule has 1 aromatic heterocycles. The van der Waals surface area contributed by atoms with Gasteiger partial charge in [-0.25, -0.2) is 0 Å². The number of thiazole rings is 1. The van der Waals surface area contributed by atoms with E-state index in [2.05, 4.69) is 77.0 Å². The lowest BCUT2D eigenvalue weighted by Crippen LogP contribution is -2.06. The summed E-state index contributed by atoms with van der Waals surface area (Å²) in [5, 5.41) is 9.67. The molecule has 1 atom stereocenters. The Hall–Kier alpha value is -2.53. The molecule has 0 N–H and O–H groups in total. The predicted octanol–water partition coefficient (Wildman–Crippen LogP) is 6.90. The molecule has 1 unspecified atom stereocenters. The molecule has 5 heteroatoms. The second kappa shape index (κ2) is 9.52. The molecule has 0 aliphatic heterocycles. The van der Waals surface area contributed by atoms with Gasteiger partial charge in [-0.1, -0.05) is 42.5 Å². The zero-order valence-electron chi connectivity index (χ0n) is 16.4. The molecule has 148 valence electrons. The van der Waals surface area contributed by atoms with Gasteiger partial charge in [-0.15, -0.1) is 11.3 Å². The van der Waals surface area contributed by atoms with E-state index in [1.54, 1.807) is 11.3 Å². The molecule has 0 saturated carbocycles. The third kappa shape index (κ3) is 4.62. The number of ether oxygens (including phenoxy) is 1. The minimum atomic E-state index is -0.245. The van der Waals surface area contributed by atoms with Crippen LogP contribution in [0, 0.1) is 21.8 Å². The fraction of sp³-hybridized carbons (Fsp3) is 0.120. The molecule has 0 amide bonds. The summed E-state index contributed by atoms with van der Waals surface area (Å²) in [6.45, 7) is 2.57. The molecular weight excluding hydrogens is 503 g/mol. The van der Waals surface area contributed by atoms with Gasteiger partial charge in [0.25, 0.3) is 0 Å². The lowest BCUT2D eigenvalue weighted by Gasteiger charge is -2.19. The first kappa shape index (κ1) is 20.7. The van der Waals surface area contributed by atoms with E-state index in [1.807, 2.05) is 42.0 Å². The quantitative estimate of drug-likeness (QED) is 0.259. The van der Waals surface area contributed by atoms with Gasteiger partial charge in [-0.3, -0.25) is 4.98 Å². The van der Waals surface area contributed by atoms with Crippen molar-refractivity contribution >= 4 is 33.9 Å². The number of halogens is 1. The first-order valence-electron chi connectivity index (χ1n) is 9.50. The summed E-state index contributed by atoms with van der Waals surface area (Å²) in [7, 11) is 0. The molecule has 0 bridgehead atoms. The molecule has 0 saturated heterocycles. The van der Waals surface area contributed by atoms with Crippen molar-refractivity contribution < 1.29 is 4.74 Å². The van der Waals surface area contributed by atoms with Crippen LogP contribution in [0.2, 0.25) is 0 Å². The Bertz CT molecular complexity index is 1200. The van der Waals surface area contributed by atoms with E-state index in [0.29, 0.717) is 12.2 Å². The molecule has 4 aromatic rings. The minimum Gasteiger partial charge on any atom is -0.363 e. The average molecular weight is 522 g/mol. The number of aromatic nitrogens is 1. The predicted molar refractivity (Wildman–Crippen MR) is 129 cm³/mol. The number of hydrogen-bond acceptors (Lipinski definition) is 4. The van der Waals surface area contributed by atoms with Gasteiger partial charge in [0.1, 0.15) is 6.10 Å². The lowest BCUT2D eigenvalue weighted by molar-refractivity contribution is 0.0689. The monoisotopic (exact) mass is 522 g/mol. The Morgan fingerprint density at radius 2 is 1.93 bits per heavy atom. The maximum absolute atomic E-state index is 9.67. The molecule has 1 heterocycles. The maximum atomic E-state index is 9.67. The SMILES string of the molecule is Cc1ccccc1-c1cc(C(OCc2cccc(I)c2)c2cncs2)ccc1C#N. The van der Waals surface area contributed by atoms with Crippen LogP contribution in [0.3, 0.4) is 0 Å². The number of aryl methyl sites for hydroxylation is 1. The van der Waals surface area contributed by atoms with Crippen molar-refractivity contribution in [3.63, 3.8) is 0 Å². The zero-order chi connectivity index (χ0) is 20.9. The van der Waals surface area contributed by atoms with Gasteiger partial charge in [-0.05, 0) is 76.0 Å². The standard InChI is InChI=1S/C25H19IN2OS/c1-17-5-2-3-8-22(17)23-12-19(9-10-20(23)13-27)25(24-14-28-16-30-24)29-15-18-6-4-7-21(26)11-18/h2-12,14,16,25H,15H2,1H3. The van der Waals surface area contributed by atoms with Gasteiger partial charge in [0.05, 0.1) is 28.6 Å². The minimum absolute atomic E-state index is 0.245. The van der Waals surface area contributed by atoms with Gasteiger partial charge < -0.3 is 4.74 Å². The summed E-state index contributed by atoms with van der Waals surface area (Å²) in [6.07, 6.45) is 1.61. The average Bonchev–Trinajstić information content (AvgIpc) is 3.29. The van der Waals surface area contributed by atoms with E-state index < -0.39 is 0 Å². The number of benzene rings is 3. The molecule has 0 fully saturated rings. The highest BCUT2D eigenvalue weighted by molar-refractivity contribution is 14.1. The summed E-state index contributed by atoms with van der Waals surface area (Å²) >= 11 is 3.89. The highest BCUT2D eigenvalue weighted by Gasteiger charge is 2.19. The first-order chi connectivity index (χ1) is 14.7. The second-order valence-corrected chi connectivity index (χ2v) is 9.12. The zero-order valence-corrected chi connectivity index (χ0v) is 19.4. The number of nitriles is 1. The normalized spacial score (nSPS) is 11.8. The van der Waals surface area contributed by atoms with Crippen LogP contribution < -0.4 is 0 Å². The molecule has 3 aromatic carbocycles. The summed E-state index contributed by atoms with van der Waals surface area (Å²) in [6, 6.07) is 24.7. The van der Waals surface area contributed by atoms with Gasteiger partial charge in [0.15, 0.2) is 0 Å². The van der Waals surface area contributed by atoms with E-state index in [1.165, 1.54) is 3.57 Å². The highest BCUT2D eigenvalue weighted by atomic mass is 127. The van der Waals surface area contributed by atoms with Crippen molar-refractivity contribution in [3.8, 4) is 17.2 Å². The van der Waals surface area contributed by atoms with E-state index in [-0.39, 0.29) is 6.10 Å². The molecule has 0 radical (unpaired) electrons. The molecule has 4 rings (SSSR count). The van der Waals surface area contributed by atoms with Crippen LogP contribution in [-0.2, 0) is 11.3 Å². The third-order valence-corrected chi connectivity index (χ3v) is 6.41. The Balaban J connectivity index is 1.73. The van der Waals surface area contributed by atoms with Crippen molar-refractivity contribution in [2.24, 2.45) is 0 Å². The van der Waals surface area contributed by atoms with Gasteiger partial charge in [-0.2, -0.15) is 5.26 Å². The summed E-state index contributed by atoms with van der Waals surface area (Å²) in [5.41, 5.74) is 7.76. The van der Waals surface area contributed by atoms with Crippen LogP contribution in [0.5, 0.6) is 0 Å². The van der Waals surface area contributed by atoms with E-state index in [4.69, 9.17) is 4.74 Å². The smallest absolute Gasteiger partial charge is 0.119 e. The summed E-state index contributed by atoms with van der Waals surface area (Å²) in [4.78, 5) is 5.29. The maximum Gasteiger partial charge on any atom is 0.119 e. The van der Waals surface area contributed by atoms with E-state index in [0.717, 1.165) is 32.7 Å². The van der Waals surface area contributed by atoms with Gasteiger partial charge >= 0.3 is 0 Å². The van der Waals surface area contributed by atoms with Crippen molar-refractivity contribution in [2.75, 3.05) is 0 Å². The van der Waals surface area contributed by atoms with Gasteiger partial charge in [0, 0.05) is 15.3 Å². The number of hydrogen-bond donors (Lipinski definition) is 0. The van der Waals surface area contributed by atoms with Crippen molar-refractivity contribution in [1.82, 2.24) is 4.98 Å². The van der Waals surface area contributed by atoms with Crippen LogP contribution in [0.25, 0.3) is 11.1 Å². The molecule has 0 spiro atoms. The highest BCUT2D eigenvalue weighted by Crippen LogP contribution is 2.34. The van der Waals surface area contributed by atoms with Crippen LogP contribution in [0.1, 0.15) is 33.2 Å². The Morgan fingerprint density at radius 1 is 1.07 bits per heavy atom. The fourth-order valence-electron chi connectivity index (χ4n) is 3.42. The second-order valence-electron chi connectivity index (χ2n) is 6.96. The first-order valence-corrected chi connectivity index (χ1v) is 11.5. The molecule has 0 aliphatic carbocycles. The van der Waals surface area contributed by atoms with Crippen LogP contribution in [-0.4, -0.2) is 4.98 Å². The Kier molecular flexibility index (Phi) is 6.58. The van der Waals surface area contributed by atoms with Crippen molar-refractivity contribution in [3.05, 3.63) is 109 Å². The number of rotatable bonds is 6. The summed E-state index contributed by atoms with van der Waals surface area (Å²) < 4.78 is 7.58. The largest absolute Gasteiger partial charge is 0.363 e. The third-order valence-electron chi connectivity index (χ3n) is 4.92. The number of nitrogens with zero attached hydrogens (tertiary/aromatic N) is 2. The van der Waals surface area contributed by atoms with Crippen molar-refractivity contribution in [2.45, 2.75) is 19.6 Å². The molecule has 30 heavy (non-hydrogen) atoms. The summed E-state index contributed by atoms with van der Waals surface area (Å²) in [5.74, 6) is 0. The Labute approximate surface area is 194 Å². The molecule has 3 nitrogen and oxygen atoms in total. The van der Waals surface area contributed by atoms with Gasteiger partial charge in [0.2, 0.25) is 0 Å². The fourth-order valence-corrected chi connectivity index (χ4v) is 4.72. The van der Waals surface area contributed by atoms with Crippen LogP contribution in [0.15, 0.2) is 78.4 Å².